The molecule has 0 aromatic heterocycles. The van der Waals surface area contributed by atoms with E-state index in [1.807, 2.05) is 31.2 Å². The highest BCUT2D eigenvalue weighted by molar-refractivity contribution is 6.31. The van der Waals surface area contributed by atoms with Crippen LogP contribution in [0.3, 0.4) is 0 Å². The van der Waals surface area contributed by atoms with E-state index in [9.17, 15) is 14.4 Å². The van der Waals surface area contributed by atoms with Crippen LogP contribution < -0.4 is 15.5 Å². The van der Waals surface area contributed by atoms with Gasteiger partial charge in [-0.25, -0.2) is 0 Å². The third-order valence-electron chi connectivity index (χ3n) is 5.40. The van der Waals surface area contributed by atoms with Gasteiger partial charge < -0.3 is 15.5 Å². The first-order chi connectivity index (χ1) is 15.4. The molecule has 0 aliphatic carbocycles. The van der Waals surface area contributed by atoms with Crippen molar-refractivity contribution in [1.29, 1.82) is 0 Å². The maximum Gasteiger partial charge on any atom is 0.255 e. The van der Waals surface area contributed by atoms with E-state index in [0.717, 1.165) is 5.56 Å². The summed E-state index contributed by atoms with van der Waals surface area (Å²) in [5.74, 6) is -1.16. The normalized spacial score (nSPS) is 15.5. The molecule has 0 bridgehead atoms. The van der Waals surface area contributed by atoms with E-state index >= 15 is 0 Å². The molecular weight excluding hydrogens is 426 g/mol. The minimum atomic E-state index is -0.498. The Labute approximate surface area is 191 Å². The van der Waals surface area contributed by atoms with Gasteiger partial charge in [0, 0.05) is 40.6 Å². The molecule has 1 aliphatic rings. The topological polar surface area (TPSA) is 78.5 Å². The van der Waals surface area contributed by atoms with Crippen molar-refractivity contribution >= 4 is 46.4 Å². The van der Waals surface area contributed by atoms with Crippen molar-refractivity contribution in [3.63, 3.8) is 0 Å². The monoisotopic (exact) mass is 447 g/mol. The number of hydrogen-bond donors (Lipinski definition) is 2. The zero-order valence-electron chi connectivity index (χ0n) is 17.5. The second-order valence-electron chi connectivity index (χ2n) is 7.72. The fraction of sp³-hybridized carbons (Fsp3) is 0.160. The van der Waals surface area contributed by atoms with Gasteiger partial charge in [-0.2, -0.15) is 0 Å². The molecule has 0 radical (unpaired) electrons. The molecule has 6 nitrogen and oxygen atoms in total. The molecule has 1 unspecified atom stereocenters. The van der Waals surface area contributed by atoms with E-state index in [4.69, 9.17) is 11.6 Å². The van der Waals surface area contributed by atoms with Crippen LogP contribution in [0, 0.1) is 12.8 Å². The summed E-state index contributed by atoms with van der Waals surface area (Å²) in [5, 5.41) is 6.24. The van der Waals surface area contributed by atoms with Crippen molar-refractivity contribution in [3.8, 4) is 0 Å². The molecule has 2 N–H and O–H groups in total. The van der Waals surface area contributed by atoms with Crippen LogP contribution in [0.4, 0.5) is 17.1 Å². The summed E-state index contributed by atoms with van der Waals surface area (Å²) in [4.78, 5) is 39.6. The third kappa shape index (κ3) is 4.81. The van der Waals surface area contributed by atoms with Crippen LogP contribution in [0.15, 0.2) is 72.8 Å². The Morgan fingerprint density at radius 2 is 1.75 bits per heavy atom. The summed E-state index contributed by atoms with van der Waals surface area (Å²) in [6.45, 7) is 2.12. The number of halogens is 1. The van der Waals surface area contributed by atoms with Crippen molar-refractivity contribution in [2.24, 2.45) is 5.92 Å². The molecule has 3 aromatic rings. The molecule has 1 saturated heterocycles. The highest BCUT2D eigenvalue weighted by Crippen LogP contribution is 2.28. The summed E-state index contributed by atoms with van der Waals surface area (Å²) in [5.41, 5.74) is 3.23. The zero-order valence-corrected chi connectivity index (χ0v) is 18.2. The van der Waals surface area contributed by atoms with Gasteiger partial charge in [0.1, 0.15) is 0 Å². The summed E-state index contributed by atoms with van der Waals surface area (Å²) < 4.78 is 0. The summed E-state index contributed by atoms with van der Waals surface area (Å²) in [6, 6.07) is 21.3. The fourth-order valence-corrected chi connectivity index (χ4v) is 3.81. The largest absolute Gasteiger partial charge is 0.325 e. The zero-order chi connectivity index (χ0) is 22.7. The van der Waals surface area contributed by atoms with Crippen molar-refractivity contribution in [2.45, 2.75) is 13.3 Å². The van der Waals surface area contributed by atoms with E-state index in [-0.39, 0.29) is 30.7 Å². The Hall–Kier alpha value is -3.64. The molecular formula is C25H22ClN3O3. The quantitative estimate of drug-likeness (QED) is 0.584. The third-order valence-corrected chi connectivity index (χ3v) is 5.64. The van der Waals surface area contributed by atoms with Crippen LogP contribution in [-0.4, -0.2) is 24.3 Å². The van der Waals surface area contributed by atoms with Gasteiger partial charge in [0.2, 0.25) is 11.8 Å². The molecule has 0 saturated carbocycles. The minimum Gasteiger partial charge on any atom is -0.325 e. The lowest BCUT2D eigenvalue weighted by atomic mass is 10.1. The predicted octanol–water partition coefficient (Wildman–Crippen LogP) is 4.89. The number of hydrogen-bond acceptors (Lipinski definition) is 3. The van der Waals surface area contributed by atoms with E-state index in [1.54, 1.807) is 53.4 Å². The maximum absolute atomic E-state index is 12.8. The van der Waals surface area contributed by atoms with Gasteiger partial charge >= 0.3 is 0 Å². The lowest BCUT2D eigenvalue weighted by Gasteiger charge is -2.18. The second kappa shape index (κ2) is 9.24. The molecule has 1 atom stereocenters. The summed E-state index contributed by atoms with van der Waals surface area (Å²) >= 11 is 6.03. The molecule has 0 spiro atoms. The second-order valence-corrected chi connectivity index (χ2v) is 8.16. The number of carbonyl (C=O) groups excluding carboxylic acids is 3. The highest BCUT2D eigenvalue weighted by Gasteiger charge is 2.35. The van der Waals surface area contributed by atoms with Crippen molar-refractivity contribution in [3.05, 3.63) is 88.9 Å². The van der Waals surface area contributed by atoms with Gasteiger partial charge in [-0.3, -0.25) is 14.4 Å². The molecule has 3 amide bonds. The lowest BCUT2D eigenvalue weighted by molar-refractivity contribution is -0.122. The Balaban J connectivity index is 1.46. The number of amides is 3. The first kappa shape index (κ1) is 21.6. The number of nitrogens with one attached hydrogen (secondary N) is 2. The Kier molecular flexibility index (Phi) is 6.23. The van der Waals surface area contributed by atoms with Crippen LogP contribution in [0.5, 0.6) is 0 Å². The van der Waals surface area contributed by atoms with E-state index in [2.05, 4.69) is 10.6 Å². The number of benzene rings is 3. The van der Waals surface area contributed by atoms with Crippen molar-refractivity contribution in [1.82, 2.24) is 0 Å². The predicted molar refractivity (Wildman–Crippen MR) is 126 cm³/mol. The van der Waals surface area contributed by atoms with Crippen LogP contribution in [-0.2, 0) is 9.59 Å². The fourth-order valence-electron chi connectivity index (χ4n) is 3.64. The molecule has 7 heteroatoms. The average molecular weight is 448 g/mol. The number of anilines is 3. The number of aryl methyl sites for hydroxylation is 1. The molecule has 1 fully saturated rings. The van der Waals surface area contributed by atoms with Gasteiger partial charge in [0.25, 0.3) is 5.91 Å². The molecule has 3 aromatic carbocycles. The number of rotatable bonds is 5. The molecule has 1 heterocycles. The van der Waals surface area contributed by atoms with Gasteiger partial charge in [-0.05, 0) is 55.0 Å². The van der Waals surface area contributed by atoms with Gasteiger partial charge in [0.15, 0.2) is 0 Å². The van der Waals surface area contributed by atoms with Crippen LogP contribution >= 0.6 is 11.6 Å². The number of para-hydroxylation sites is 1. The van der Waals surface area contributed by atoms with Crippen molar-refractivity contribution in [2.75, 3.05) is 22.1 Å². The van der Waals surface area contributed by atoms with Crippen LogP contribution in [0.2, 0.25) is 5.02 Å². The Morgan fingerprint density at radius 3 is 2.53 bits per heavy atom. The Morgan fingerprint density at radius 1 is 0.969 bits per heavy atom. The van der Waals surface area contributed by atoms with Crippen molar-refractivity contribution < 1.29 is 14.4 Å². The van der Waals surface area contributed by atoms with E-state index < -0.39 is 5.92 Å². The van der Waals surface area contributed by atoms with Crippen LogP contribution in [0.25, 0.3) is 0 Å². The number of nitrogens with zero attached hydrogens (tertiary/aromatic N) is 1. The van der Waals surface area contributed by atoms with Gasteiger partial charge in [0.05, 0.1) is 5.92 Å². The summed E-state index contributed by atoms with van der Waals surface area (Å²) in [6.07, 6.45) is 0.103. The summed E-state index contributed by atoms with van der Waals surface area (Å²) in [7, 11) is 0. The highest BCUT2D eigenvalue weighted by atomic mass is 35.5. The molecule has 162 valence electrons. The Bertz CT molecular complexity index is 1180. The first-order valence-electron chi connectivity index (χ1n) is 10.2. The minimum absolute atomic E-state index is 0.103. The SMILES string of the molecule is Cc1ccc(Cl)cc1NC(=O)C1CC(=O)N(c2cccc(C(=O)Nc3ccccc3)c2)C1. The number of carbonyl (C=O) groups is 3. The van der Waals surface area contributed by atoms with Gasteiger partial charge in [-0.15, -0.1) is 0 Å². The van der Waals surface area contributed by atoms with E-state index in [0.29, 0.717) is 27.6 Å². The smallest absolute Gasteiger partial charge is 0.255 e. The maximum atomic E-state index is 12.8. The average Bonchev–Trinajstić information content (AvgIpc) is 3.19. The standard InChI is InChI=1S/C25H22ClN3O3/c1-16-10-11-19(26)14-22(16)28-25(32)18-13-23(30)29(15-18)21-9-5-6-17(12-21)24(31)27-20-7-3-2-4-8-20/h2-12,14,18H,13,15H2,1H3,(H,27,31)(H,28,32). The lowest BCUT2D eigenvalue weighted by Crippen LogP contribution is -2.28. The van der Waals surface area contributed by atoms with Gasteiger partial charge in [-0.1, -0.05) is 41.9 Å². The van der Waals surface area contributed by atoms with Crippen LogP contribution in [0.1, 0.15) is 22.3 Å². The molecule has 4 rings (SSSR count). The molecule has 1 aliphatic heterocycles. The molecule has 32 heavy (non-hydrogen) atoms. The van der Waals surface area contributed by atoms with E-state index in [1.165, 1.54) is 0 Å². The first-order valence-corrected chi connectivity index (χ1v) is 10.6.